The van der Waals surface area contributed by atoms with Gasteiger partial charge in [0.25, 0.3) is 0 Å². The van der Waals surface area contributed by atoms with Crippen LogP contribution in [0.5, 0.6) is 5.75 Å². The number of methoxy groups -OCH3 is 2. The zero-order chi connectivity index (χ0) is 17.6. The van der Waals surface area contributed by atoms with E-state index in [0.29, 0.717) is 18.7 Å². The number of hydrogen-bond acceptors (Lipinski definition) is 6. The molecule has 6 nitrogen and oxygen atoms in total. The van der Waals surface area contributed by atoms with Gasteiger partial charge in [-0.15, -0.1) is 0 Å². The van der Waals surface area contributed by atoms with Gasteiger partial charge >= 0.3 is 0 Å². The highest BCUT2D eigenvalue weighted by atomic mass is 16.7. The zero-order valence-corrected chi connectivity index (χ0v) is 15.5. The van der Waals surface area contributed by atoms with E-state index in [1.807, 2.05) is 6.07 Å². The van der Waals surface area contributed by atoms with E-state index in [9.17, 15) is 0 Å². The number of hydrogen-bond donors (Lipinski definition) is 2. The van der Waals surface area contributed by atoms with Gasteiger partial charge in [-0.3, -0.25) is 9.82 Å². The summed E-state index contributed by atoms with van der Waals surface area (Å²) in [5.41, 5.74) is 4.87. The summed E-state index contributed by atoms with van der Waals surface area (Å²) in [5, 5.41) is 3.60. The van der Waals surface area contributed by atoms with Crippen LogP contribution >= 0.6 is 0 Å². The van der Waals surface area contributed by atoms with Gasteiger partial charge in [0.1, 0.15) is 5.69 Å². The molecule has 1 fully saturated rings. The molecule has 0 aromatic carbocycles. The lowest BCUT2D eigenvalue weighted by Gasteiger charge is -2.32. The van der Waals surface area contributed by atoms with Gasteiger partial charge in [-0.2, -0.15) is 5.48 Å². The fourth-order valence-corrected chi connectivity index (χ4v) is 2.91. The Bertz CT molecular complexity index is 509. The number of nitrogens with zero attached hydrogens (tertiary/aromatic N) is 1. The lowest BCUT2D eigenvalue weighted by atomic mass is 9.91. The normalized spacial score (nSPS) is 21.5. The van der Waals surface area contributed by atoms with E-state index in [1.54, 1.807) is 20.4 Å². The van der Waals surface area contributed by atoms with Gasteiger partial charge in [-0.1, -0.05) is 0 Å². The average molecular weight is 337 g/mol. The molecule has 1 aliphatic carbocycles. The maximum Gasteiger partial charge on any atom is 0.165 e. The van der Waals surface area contributed by atoms with E-state index >= 15 is 0 Å². The van der Waals surface area contributed by atoms with Gasteiger partial charge in [-0.25, -0.2) is 0 Å². The summed E-state index contributed by atoms with van der Waals surface area (Å²) in [6, 6.07) is 2.82. The van der Waals surface area contributed by atoms with Crippen LogP contribution in [0.4, 0.5) is 5.69 Å². The third-order valence-electron chi connectivity index (χ3n) is 4.08. The fraction of sp³-hybridized carbons (Fsp3) is 0.722. The summed E-state index contributed by atoms with van der Waals surface area (Å²) in [4.78, 5) is 10.0. The van der Waals surface area contributed by atoms with Crippen molar-refractivity contribution >= 4 is 5.69 Å². The van der Waals surface area contributed by atoms with Crippen LogP contribution in [0.3, 0.4) is 0 Å². The van der Waals surface area contributed by atoms with Crippen molar-refractivity contribution < 1.29 is 14.3 Å². The molecule has 0 spiro atoms. The minimum Gasteiger partial charge on any atom is -0.493 e. The van der Waals surface area contributed by atoms with Crippen LogP contribution in [0, 0.1) is 0 Å². The molecule has 2 N–H and O–H groups in total. The second-order valence-electron chi connectivity index (χ2n) is 7.30. The van der Waals surface area contributed by atoms with Crippen LogP contribution < -0.4 is 15.5 Å². The lowest BCUT2D eigenvalue weighted by molar-refractivity contribution is -0.0928. The minimum absolute atomic E-state index is 0.156. The molecule has 2 rings (SSSR count). The Labute approximate surface area is 145 Å². The quantitative estimate of drug-likeness (QED) is 0.745. The first-order valence-corrected chi connectivity index (χ1v) is 8.64. The molecule has 0 atom stereocenters. The van der Waals surface area contributed by atoms with Crippen molar-refractivity contribution in [2.45, 2.75) is 70.7 Å². The van der Waals surface area contributed by atoms with Gasteiger partial charge in [-0.05, 0) is 52.5 Å². The van der Waals surface area contributed by atoms with Gasteiger partial charge < -0.3 is 14.8 Å². The van der Waals surface area contributed by atoms with Crippen molar-refractivity contribution in [3.05, 3.63) is 18.0 Å². The smallest absolute Gasteiger partial charge is 0.165 e. The molecule has 136 valence electrons. The Morgan fingerprint density at radius 3 is 2.38 bits per heavy atom. The van der Waals surface area contributed by atoms with E-state index in [1.165, 1.54) is 0 Å². The molecule has 0 saturated heterocycles. The molecule has 1 heterocycles. The van der Waals surface area contributed by atoms with Crippen LogP contribution in [-0.4, -0.2) is 36.9 Å². The van der Waals surface area contributed by atoms with Gasteiger partial charge in [0.05, 0.1) is 25.0 Å². The van der Waals surface area contributed by atoms with E-state index in [-0.39, 0.29) is 5.60 Å². The summed E-state index contributed by atoms with van der Waals surface area (Å²) >= 11 is 0. The SMILES string of the molecule is COCc1nccc(NC2CCC(NOC(C)(C)C)CC2)c1OC. The maximum atomic E-state index is 5.69. The molecule has 0 amide bonds. The zero-order valence-electron chi connectivity index (χ0n) is 15.5. The van der Waals surface area contributed by atoms with Crippen LogP contribution in [0.2, 0.25) is 0 Å². The van der Waals surface area contributed by atoms with E-state index < -0.39 is 0 Å². The monoisotopic (exact) mass is 337 g/mol. The maximum absolute atomic E-state index is 5.69. The highest BCUT2D eigenvalue weighted by Gasteiger charge is 2.24. The van der Waals surface area contributed by atoms with Gasteiger partial charge in [0, 0.05) is 25.4 Å². The first-order valence-electron chi connectivity index (χ1n) is 8.64. The Balaban J connectivity index is 1.89. The van der Waals surface area contributed by atoms with Gasteiger partial charge in [0.15, 0.2) is 5.75 Å². The number of hydroxylamine groups is 1. The van der Waals surface area contributed by atoms with E-state index in [0.717, 1.165) is 42.8 Å². The number of nitrogens with one attached hydrogen (secondary N) is 2. The topological polar surface area (TPSA) is 64.6 Å². The molecular weight excluding hydrogens is 306 g/mol. The van der Waals surface area contributed by atoms with Crippen molar-refractivity contribution in [3.63, 3.8) is 0 Å². The predicted molar refractivity (Wildman–Crippen MR) is 95.1 cm³/mol. The summed E-state index contributed by atoms with van der Waals surface area (Å²) in [5.74, 6) is 0.774. The first-order chi connectivity index (χ1) is 11.4. The second-order valence-corrected chi connectivity index (χ2v) is 7.30. The highest BCUT2D eigenvalue weighted by molar-refractivity contribution is 5.58. The Morgan fingerprint density at radius 1 is 1.12 bits per heavy atom. The Kier molecular flexibility index (Phi) is 6.83. The molecule has 1 aliphatic rings. The number of rotatable bonds is 7. The minimum atomic E-state index is -0.156. The Morgan fingerprint density at radius 2 is 1.79 bits per heavy atom. The predicted octanol–water partition coefficient (Wildman–Crippen LogP) is 3.28. The summed E-state index contributed by atoms with van der Waals surface area (Å²) in [6.45, 7) is 6.61. The Hall–Kier alpha value is -1.37. The fourth-order valence-electron chi connectivity index (χ4n) is 2.91. The van der Waals surface area contributed by atoms with Crippen molar-refractivity contribution in [1.82, 2.24) is 10.5 Å². The van der Waals surface area contributed by atoms with Crippen LogP contribution in [0.15, 0.2) is 12.3 Å². The molecule has 24 heavy (non-hydrogen) atoms. The van der Waals surface area contributed by atoms with Crippen LogP contribution in [0.25, 0.3) is 0 Å². The summed E-state index contributed by atoms with van der Waals surface area (Å²) in [6.07, 6.45) is 6.16. The van der Waals surface area contributed by atoms with E-state index in [4.69, 9.17) is 14.3 Å². The summed E-state index contributed by atoms with van der Waals surface area (Å²) < 4.78 is 10.7. The first kappa shape index (κ1) is 19.0. The number of anilines is 1. The molecule has 1 saturated carbocycles. The van der Waals surface area contributed by atoms with Crippen LogP contribution in [0.1, 0.15) is 52.1 Å². The summed E-state index contributed by atoms with van der Waals surface area (Å²) in [7, 11) is 3.33. The molecule has 1 aromatic heterocycles. The number of aromatic nitrogens is 1. The van der Waals surface area contributed by atoms with Crippen molar-refractivity contribution in [3.8, 4) is 5.75 Å². The molecule has 0 radical (unpaired) electrons. The van der Waals surface area contributed by atoms with Crippen molar-refractivity contribution in [1.29, 1.82) is 0 Å². The van der Waals surface area contributed by atoms with E-state index in [2.05, 4.69) is 36.6 Å². The van der Waals surface area contributed by atoms with Crippen molar-refractivity contribution in [2.75, 3.05) is 19.5 Å². The molecule has 6 heteroatoms. The van der Waals surface area contributed by atoms with Crippen LogP contribution in [-0.2, 0) is 16.2 Å². The second kappa shape index (κ2) is 8.65. The molecule has 1 aromatic rings. The average Bonchev–Trinajstić information content (AvgIpc) is 2.54. The van der Waals surface area contributed by atoms with Crippen molar-refractivity contribution in [2.24, 2.45) is 0 Å². The molecular formula is C18H31N3O3. The molecule has 0 unspecified atom stereocenters. The third-order valence-corrected chi connectivity index (χ3v) is 4.08. The number of pyridine rings is 1. The number of ether oxygens (including phenoxy) is 2. The lowest BCUT2D eigenvalue weighted by Crippen LogP contribution is -2.40. The molecule has 0 bridgehead atoms. The van der Waals surface area contributed by atoms with Gasteiger partial charge in [0.2, 0.25) is 0 Å². The highest BCUT2D eigenvalue weighted by Crippen LogP contribution is 2.31. The largest absolute Gasteiger partial charge is 0.493 e. The molecule has 0 aliphatic heterocycles. The third kappa shape index (κ3) is 5.61. The standard InChI is InChI=1S/C18H31N3O3/c1-18(2,3)24-21-14-8-6-13(7-9-14)20-15-10-11-19-16(12-22-4)17(15)23-5/h10-11,13-14,21H,6-9,12H2,1-5H3,(H,19,20).